The fraction of sp³-hybridized carbons (Fsp3) is 0.444. The van der Waals surface area contributed by atoms with E-state index in [1.165, 1.54) is 23.3 Å². The largest absolute Gasteiger partial charge is 0.272 e. The molecule has 0 unspecified atom stereocenters. The minimum Gasteiger partial charge on any atom is -0.272 e. The summed E-state index contributed by atoms with van der Waals surface area (Å²) in [6.07, 6.45) is 6.55. The fourth-order valence-corrected chi connectivity index (χ4v) is 1.62. The molecule has 0 aliphatic heterocycles. The van der Waals surface area contributed by atoms with E-state index < -0.39 is 0 Å². The zero-order valence-electron chi connectivity index (χ0n) is 6.96. The van der Waals surface area contributed by atoms with Gasteiger partial charge in [0.2, 0.25) is 0 Å². The standard InChI is InChI=1S/C9H12N2/c1-7-4-3-5-9-8(7)6-10-11(9)2/h4,6H,3,5H2,1-2H3. The zero-order valence-corrected chi connectivity index (χ0v) is 6.96. The van der Waals surface area contributed by atoms with E-state index in [1.807, 2.05) is 17.9 Å². The molecule has 0 bridgehead atoms. The van der Waals surface area contributed by atoms with Gasteiger partial charge in [0.15, 0.2) is 0 Å². The number of hydrogen-bond donors (Lipinski definition) is 0. The van der Waals surface area contributed by atoms with Crippen LogP contribution in [0.4, 0.5) is 0 Å². The van der Waals surface area contributed by atoms with Crippen molar-refractivity contribution in [2.75, 3.05) is 0 Å². The lowest BCUT2D eigenvalue weighted by molar-refractivity contribution is 0.703. The van der Waals surface area contributed by atoms with Crippen LogP contribution in [-0.2, 0) is 13.5 Å². The van der Waals surface area contributed by atoms with Gasteiger partial charge in [-0.25, -0.2) is 0 Å². The second-order valence-corrected chi connectivity index (χ2v) is 3.05. The molecular formula is C9H12N2. The Bertz CT molecular complexity index is 307. The monoisotopic (exact) mass is 148 g/mol. The number of hydrogen-bond acceptors (Lipinski definition) is 1. The Morgan fingerprint density at radius 1 is 1.55 bits per heavy atom. The normalized spacial score (nSPS) is 16.0. The van der Waals surface area contributed by atoms with Gasteiger partial charge in [0.1, 0.15) is 0 Å². The Labute approximate surface area is 66.5 Å². The summed E-state index contributed by atoms with van der Waals surface area (Å²) < 4.78 is 1.98. The Morgan fingerprint density at radius 3 is 3.09 bits per heavy atom. The van der Waals surface area contributed by atoms with Crippen LogP contribution >= 0.6 is 0 Å². The van der Waals surface area contributed by atoms with Crippen LogP contribution < -0.4 is 0 Å². The van der Waals surface area contributed by atoms with Gasteiger partial charge in [-0.15, -0.1) is 0 Å². The van der Waals surface area contributed by atoms with Crippen LogP contribution in [0.25, 0.3) is 5.57 Å². The number of nitrogens with zero attached hydrogens (tertiary/aromatic N) is 2. The molecule has 0 N–H and O–H groups in total. The number of aromatic nitrogens is 2. The van der Waals surface area contributed by atoms with Crippen LogP contribution in [0.1, 0.15) is 24.6 Å². The Morgan fingerprint density at radius 2 is 2.36 bits per heavy atom. The average Bonchev–Trinajstić information content (AvgIpc) is 2.35. The molecule has 0 spiro atoms. The maximum absolute atomic E-state index is 4.22. The second-order valence-electron chi connectivity index (χ2n) is 3.05. The number of fused-ring (bicyclic) bond motifs is 1. The third-order valence-corrected chi connectivity index (χ3v) is 2.32. The van der Waals surface area contributed by atoms with Crippen molar-refractivity contribution >= 4 is 5.57 Å². The summed E-state index contributed by atoms with van der Waals surface area (Å²) in [6, 6.07) is 0. The van der Waals surface area contributed by atoms with Crippen LogP contribution in [-0.4, -0.2) is 9.78 Å². The molecule has 0 aromatic carbocycles. The molecule has 58 valence electrons. The summed E-state index contributed by atoms with van der Waals surface area (Å²) in [7, 11) is 2.01. The molecular weight excluding hydrogens is 136 g/mol. The highest BCUT2D eigenvalue weighted by atomic mass is 15.3. The lowest BCUT2D eigenvalue weighted by Crippen LogP contribution is -2.02. The highest BCUT2D eigenvalue weighted by Crippen LogP contribution is 2.24. The van der Waals surface area contributed by atoms with Crippen molar-refractivity contribution in [3.8, 4) is 0 Å². The van der Waals surface area contributed by atoms with Crippen LogP contribution in [0.2, 0.25) is 0 Å². The van der Waals surface area contributed by atoms with Gasteiger partial charge in [0, 0.05) is 18.3 Å². The third kappa shape index (κ3) is 0.897. The predicted molar refractivity (Wildman–Crippen MR) is 45.2 cm³/mol. The number of allylic oxidation sites excluding steroid dienone is 2. The molecule has 0 saturated carbocycles. The highest BCUT2D eigenvalue weighted by Gasteiger charge is 2.12. The molecule has 1 aliphatic rings. The van der Waals surface area contributed by atoms with Gasteiger partial charge in [-0.1, -0.05) is 6.08 Å². The minimum absolute atomic E-state index is 1.14. The molecule has 11 heavy (non-hydrogen) atoms. The smallest absolute Gasteiger partial charge is 0.0567 e. The first kappa shape index (κ1) is 6.65. The van der Waals surface area contributed by atoms with Crippen molar-refractivity contribution < 1.29 is 0 Å². The summed E-state index contributed by atoms with van der Waals surface area (Å²) >= 11 is 0. The van der Waals surface area contributed by atoms with Crippen molar-refractivity contribution in [3.05, 3.63) is 23.5 Å². The van der Waals surface area contributed by atoms with E-state index in [0.29, 0.717) is 0 Å². The molecule has 2 heteroatoms. The predicted octanol–water partition coefficient (Wildman–Crippen LogP) is 1.77. The quantitative estimate of drug-likeness (QED) is 0.548. The van der Waals surface area contributed by atoms with Crippen LogP contribution in [0.5, 0.6) is 0 Å². The summed E-state index contributed by atoms with van der Waals surface area (Å²) in [5.41, 5.74) is 4.09. The lowest BCUT2D eigenvalue weighted by atomic mass is 9.98. The Hall–Kier alpha value is -1.05. The third-order valence-electron chi connectivity index (χ3n) is 2.32. The van der Waals surface area contributed by atoms with E-state index in [-0.39, 0.29) is 0 Å². The summed E-state index contributed by atoms with van der Waals surface area (Å²) in [4.78, 5) is 0. The van der Waals surface area contributed by atoms with Crippen molar-refractivity contribution in [2.45, 2.75) is 19.8 Å². The molecule has 0 fully saturated rings. The van der Waals surface area contributed by atoms with Gasteiger partial charge in [0.25, 0.3) is 0 Å². The molecule has 1 aromatic heterocycles. The molecule has 0 saturated heterocycles. The van der Waals surface area contributed by atoms with E-state index in [1.54, 1.807) is 0 Å². The molecule has 1 aromatic rings. The van der Waals surface area contributed by atoms with Crippen molar-refractivity contribution in [3.63, 3.8) is 0 Å². The van der Waals surface area contributed by atoms with Gasteiger partial charge in [-0.2, -0.15) is 5.10 Å². The van der Waals surface area contributed by atoms with Crippen LogP contribution in [0.15, 0.2) is 12.3 Å². The van der Waals surface area contributed by atoms with E-state index in [9.17, 15) is 0 Å². The Kier molecular flexibility index (Phi) is 1.34. The van der Waals surface area contributed by atoms with Gasteiger partial charge < -0.3 is 0 Å². The van der Waals surface area contributed by atoms with Crippen molar-refractivity contribution in [2.24, 2.45) is 7.05 Å². The molecule has 0 atom stereocenters. The second kappa shape index (κ2) is 2.22. The maximum atomic E-state index is 4.22. The van der Waals surface area contributed by atoms with Gasteiger partial charge in [-0.3, -0.25) is 4.68 Å². The molecule has 0 radical (unpaired) electrons. The SMILES string of the molecule is CC1=CCCc2c1cnn2C. The van der Waals surface area contributed by atoms with Gasteiger partial charge in [0.05, 0.1) is 6.20 Å². The summed E-state index contributed by atoms with van der Waals surface area (Å²) in [5.74, 6) is 0. The molecule has 1 aliphatic carbocycles. The minimum atomic E-state index is 1.14. The lowest BCUT2D eigenvalue weighted by Gasteiger charge is -2.10. The summed E-state index contributed by atoms with van der Waals surface area (Å²) in [5, 5.41) is 4.22. The van der Waals surface area contributed by atoms with E-state index >= 15 is 0 Å². The molecule has 2 nitrogen and oxygen atoms in total. The van der Waals surface area contributed by atoms with E-state index in [0.717, 1.165) is 6.42 Å². The van der Waals surface area contributed by atoms with Crippen molar-refractivity contribution in [1.82, 2.24) is 9.78 Å². The Balaban J connectivity index is 2.58. The molecule has 1 heterocycles. The van der Waals surface area contributed by atoms with Crippen molar-refractivity contribution in [1.29, 1.82) is 0 Å². The van der Waals surface area contributed by atoms with Gasteiger partial charge in [-0.05, 0) is 25.3 Å². The average molecular weight is 148 g/mol. The van der Waals surface area contributed by atoms with E-state index in [2.05, 4.69) is 18.1 Å². The van der Waals surface area contributed by atoms with Crippen LogP contribution in [0.3, 0.4) is 0 Å². The fourth-order valence-electron chi connectivity index (χ4n) is 1.62. The topological polar surface area (TPSA) is 17.8 Å². The maximum Gasteiger partial charge on any atom is 0.0567 e. The number of rotatable bonds is 0. The van der Waals surface area contributed by atoms with Gasteiger partial charge >= 0.3 is 0 Å². The molecule has 0 amide bonds. The zero-order chi connectivity index (χ0) is 7.84. The number of aryl methyl sites for hydroxylation is 1. The first-order chi connectivity index (χ1) is 5.29. The highest BCUT2D eigenvalue weighted by molar-refractivity contribution is 5.66. The van der Waals surface area contributed by atoms with Crippen LogP contribution in [0, 0.1) is 0 Å². The summed E-state index contributed by atoms with van der Waals surface area (Å²) in [6.45, 7) is 2.15. The first-order valence-corrected chi connectivity index (χ1v) is 3.97. The first-order valence-electron chi connectivity index (χ1n) is 3.97. The molecule has 2 rings (SSSR count). The van der Waals surface area contributed by atoms with E-state index in [4.69, 9.17) is 0 Å².